The first-order valence-electron chi connectivity index (χ1n) is 6.69. The number of nitrogens with one attached hydrogen (secondary N) is 1. The highest BCUT2D eigenvalue weighted by atomic mass is 35.5. The summed E-state index contributed by atoms with van der Waals surface area (Å²) in [6, 6.07) is 11.5. The molecular weight excluding hydrogens is 307 g/mol. The Morgan fingerprint density at radius 3 is 2.55 bits per heavy atom. The number of carbonyl (C=O) groups is 2. The van der Waals surface area contributed by atoms with Crippen molar-refractivity contribution in [1.29, 1.82) is 0 Å². The van der Waals surface area contributed by atoms with Crippen LogP contribution in [0, 0.1) is 5.82 Å². The molecule has 6 heteroatoms. The molecule has 112 valence electrons. The Hall–Kier alpha value is -2.40. The zero-order chi connectivity index (χ0) is 15.7. The average molecular weight is 319 g/mol. The maximum absolute atomic E-state index is 13.2. The Labute approximate surface area is 131 Å². The van der Waals surface area contributed by atoms with Gasteiger partial charge in [-0.3, -0.25) is 9.59 Å². The van der Waals surface area contributed by atoms with E-state index in [2.05, 4.69) is 5.32 Å². The van der Waals surface area contributed by atoms with E-state index in [9.17, 15) is 14.0 Å². The third-order valence-corrected chi connectivity index (χ3v) is 3.65. The number of hydrogen-bond donors (Lipinski definition) is 1. The van der Waals surface area contributed by atoms with Crippen molar-refractivity contribution in [2.75, 3.05) is 10.2 Å². The van der Waals surface area contributed by atoms with E-state index in [1.807, 2.05) is 0 Å². The largest absolute Gasteiger partial charge is 0.373 e. The molecule has 2 amide bonds. The summed E-state index contributed by atoms with van der Waals surface area (Å²) in [6.45, 7) is 0. The summed E-state index contributed by atoms with van der Waals surface area (Å²) in [5.41, 5.74) is 0.937. The van der Waals surface area contributed by atoms with Gasteiger partial charge in [-0.05, 0) is 42.5 Å². The first-order valence-corrected chi connectivity index (χ1v) is 7.07. The first-order chi connectivity index (χ1) is 10.5. The summed E-state index contributed by atoms with van der Waals surface area (Å²) >= 11 is 5.81. The number of amides is 2. The van der Waals surface area contributed by atoms with E-state index in [0.29, 0.717) is 16.4 Å². The lowest BCUT2D eigenvalue weighted by atomic mass is 10.2. The number of nitrogens with zero attached hydrogens (tertiary/aromatic N) is 1. The van der Waals surface area contributed by atoms with Crippen molar-refractivity contribution in [1.82, 2.24) is 0 Å². The van der Waals surface area contributed by atoms with Gasteiger partial charge in [-0.15, -0.1) is 0 Å². The van der Waals surface area contributed by atoms with E-state index in [0.717, 1.165) is 4.90 Å². The molecule has 0 aromatic heterocycles. The number of hydrogen-bond acceptors (Lipinski definition) is 3. The molecule has 1 heterocycles. The Morgan fingerprint density at radius 1 is 1.14 bits per heavy atom. The van der Waals surface area contributed by atoms with E-state index in [1.54, 1.807) is 30.3 Å². The lowest BCUT2D eigenvalue weighted by molar-refractivity contribution is -0.121. The third-order valence-electron chi connectivity index (χ3n) is 3.40. The van der Waals surface area contributed by atoms with Crippen LogP contribution in [-0.2, 0) is 9.59 Å². The topological polar surface area (TPSA) is 49.4 Å². The van der Waals surface area contributed by atoms with Crippen molar-refractivity contribution in [3.8, 4) is 0 Å². The maximum Gasteiger partial charge on any atom is 0.256 e. The zero-order valence-electron chi connectivity index (χ0n) is 11.4. The molecule has 0 spiro atoms. The summed E-state index contributed by atoms with van der Waals surface area (Å²) in [6.07, 6.45) is 0.0258. The summed E-state index contributed by atoms with van der Waals surface area (Å²) < 4.78 is 13.2. The number of halogens is 2. The van der Waals surface area contributed by atoms with Crippen LogP contribution in [0.1, 0.15) is 6.42 Å². The van der Waals surface area contributed by atoms with Crippen LogP contribution in [0.5, 0.6) is 0 Å². The highest BCUT2D eigenvalue weighted by molar-refractivity contribution is 6.30. The molecule has 1 N–H and O–H groups in total. The molecule has 0 radical (unpaired) electrons. The fourth-order valence-electron chi connectivity index (χ4n) is 2.39. The van der Waals surface area contributed by atoms with Gasteiger partial charge in [0, 0.05) is 10.7 Å². The van der Waals surface area contributed by atoms with Gasteiger partial charge in [-0.25, -0.2) is 9.29 Å². The average Bonchev–Trinajstić information content (AvgIpc) is 2.75. The van der Waals surface area contributed by atoms with Crippen molar-refractivity contribution in [2.45, 2.75) is 12.5 Å². The Bertz CT molecular complexity index is 733. The van der Waals surface area contributed by atoms with Crippen LogP contribution in [0.15, 0.2) is 48.5 Å². The van der Waals surface area contributed by atoms with Crippen LogP contribution < -0.4 is 10.2 Å². The molecule has 1 fully saturated rings. The lowest BCUT2D eigenvalue weighted by Crippen LogP contribution is -2.34. The third kappa shape index (κ3) is 2.80. The zero-order valence-corrected chi connectivity index (χ0v) is 12.2. The van der Waals surface area contributed by atoms with Crippen molar-refractivity contribution >= 4 is 34.8 Å². The van der Waals surface area contributed by atoms with E-state index in [1.165, 1.54) is 18.2 Å². The number of imide groups is 1. The molecule has 1 aliphatic rings. The van der Waals surface area contributed by atoms with Gasteiger partial charge in [0.25, 0.3) is 5.91 Å². The van der Waals surface area contributed by atoms with Gasteiger partial charge in [-0.2, -0.15) is 0 Å². The lowest BCUT2D eigenvalue weighted by Gasteiger charge is -2.16. The van der Waals surface area contributed by atoms with Crippen molar-refractivity contribution in [3.05, 3.63) is 59.4 Å². The van der Waals surface area contributed by atoms with E-state index in [4.69, 9.17) is 11.6 Å². The number of anilines is 2. The van der Waals surface area contributed by atoms with Gasteiger partial charge < -0.3 is 5.32 Å². The summed E-state index contributed by atoms with van der Waals surface area (Å²) in [5.74, 6) is -1.07. The molecule has 0 bridgehead atoms. The summed E-state index contributed by atoms with van der Waals surface area (Å²) in [4.78, 5) is 25.6. The van der Waals surface area contributed by atoms with Gasteiger partial charge in [0.15, 0.2) is 0 Å². The minimum Gasteiger partial charge on any atom is -0.373 e. The monoisotopic (exact) mass is 318 g/mol. The highest BCUT2D eigenvalue weighted by Crippen LogP contribution is 2.26. The van der Waals surface area contributed by atoms with Crippen LogP contribution in [0.3, 0.4) is 0 Å². The molecule has 22 heavy (non-hydrogen) atoms. The van der Waals surface area contributed by atoms with E-state index in [-0.39, 0.29) is 18.2 Å². The normalized spacial score (nSPS) is 17.9. The van der Waals surface area contributed by atoms with Gasteiger partial charge in [-0.1, -0.05) is 17.7 Å². The number of carbonyl (C=O) groups excluding carboxylic acids is 2. The van der Waals surface area contributed by atoms with Gasteiger partial charge in [0.05, 0.1) is 12.1 Å². The van der Waals surface area contributed by atoms with E-state index < -0.39 is 11.9 Å². The predicted octanol–water partition coefficient (Wildman–Crippen LogP) is 3.22. The Kier molecular flexibility index (Phi) is 3.81. The minimum absolute atomic E-state index is 0.0258. The second-order valence-corrected chi connectivity index (χ2v) is 5.39. The quantitative estimate of drug-likeness (QED) is 0.884. The van der Waals surface area contributed by atoms with Crippen molar-refractivity contribution in [3.63, 3.8) is 0 Å². The Balaban J connectivity index is 1.81. The summed E-state index contributed by atoms with van der Waals surface area (Å²) in [5, 5.41) is 3.42. The van der Waals surface area contributed by atoms with Crippen LogP contribution in [-0.4, -0.2) is 17.9 Å². The van der Waals surface area contributed by atoms with Crippen LogP contribution in [0.4, 0.5) is 15.8 Å². The molecule has 3 rings (SSSR count). The SMILES string of the molecule is O=C1CC(Nc2cccc(F)c2)C(=O)N1c1ccc(Cl)cc1. The van der Waals surface area contributed by atoms with Crippen LogP contribution in [0.25, 0.3) is 0 Å². The molecule has 2 aromatic rings. The van der Waals surface area contributed by atoms with Crippen molar-refractivity contribution in [2.24, 2.45) is 0 Å². The van der Waals surface area contributed by atoms with Crippen LogP contribution >= 0.6 is 11.6 Å². The fourth-order valence-corrected chi connectivity index (χ4v) is 2.51. The maximum atomic E-state index is 13.2. The van der Waals surface area contributed by atoms with Crippen LogP contribution in [0.2, 0.25) is 5.02 Å². The number of rotatable bonds is 3. The second-order valence-electron chi connectivity index (χ2n) is 4.96. The van der Waals surface area contributed by atoms with E-state index >= 15 is 0 Å². The number of benzene rings is 2. The smallest absolute Gasteiger partial charge is 0.256 e. The molecule has 0 aliphatic carbocycles. The molecular formula is C16H12ClFN2O2. The minimum atomic E-state index is -0.704. The molecule has 2 aromatic carbocycles. The fraction of sp³-hybridized carbons (Fsp3) is 0.125. The predicted molar refractivity (Wildman–Crippen MR) is 82.4 cm³/mol. The molecule has 1 saturated heterocycles. The van der Waals surface area contributed by atoms with Gasteiger partial charge in [0.2, 0.25) is 5.91 Å². The molecule has 1 atom stereocenters. The molecule has 4 nitrogen and oxygen atoms in total. The van der Waals surface area contributed by atoms with Gasteiger partial charge in [0.1, 0.15) is 11.9 Å². The second kappa shape index (κ2) is 5.77. The first kappa shape index (κ1) is 14.5. The highest BCUT2D eigenvalue weighted by Gasteiger charge is 2.39. The summed E-state index contributed by atoms with van der Waals surface area (Å²) in [7, 11) is 0. The van der Waals surface area contributed by atoms with Gasteiger partial charge >= 0.3 is 0 Å². The van der Waals surface area contributed by atoms with Crippen molar-refractivity contribution < 1.29 is 14.0 Å². The molecule has 0 saturated carbocycles. The Morgan fingerprint density at radius 2 is 1.86 bits per heavy atom. The standard InChI is InChI=1S/C16H12ClFN2O2/c17-10-4-6-13(7-5-10)20-15(21)9-14(16(20)22)19-12-3-1-2-11(18)8-12/h1-8,14,19H,9H2. The molecule has 1 aliphatic heterocycles. The molecule has 1 unspecified atom stereocenters.